The molecule has 2 aromatic rings. The van der Waals surface area contributed by atoms with Gasteiger partial charge in [0.05, 0.1) is 0 Å². The quantitative estimate of drug-likeness (QED) is 0.910. The number of thioether (sulfide) groups is 1. The van der Waals surface area contributed by atoms with Gasteiger partial charge in [-0.05, 0) is 30.4 Å². The first-order valence-electron chi connectivity index (χ1n) is 5.94. The first-order valence-corrected chi connectivity index (χ1v) is 7.10. The lowest BCUT2D eigenvalue weighted by Gasteiger charge is -2.05. The smallest absolute Gasteiger partial charge is 0.279 e. The number of aryl methyl sites for hydroxylation is 1. The second kappa shape index (κ2) is 6.38. The molecular formula is C13H15N3O2S. The van der Waals surface area contributed by atoms with Crippen LogP contribution in [0.2, 0.25) is 0 Å². The van der Waals surface area contributed by atoms with Gasteiger partial charge in [0, 0.05) is 11.9 Å². The molecule has 0 fully saturated rings. The van der Waals surface area contributed by atoms with Crippen molar-refractivity contribution in [2.75, 3.05) is 11.1 Å². The SMILES string of the molecule is CCSCc1ccnc(NC(=O)c2ncoc2C)c1. The monoisotopic (exact) mass is 277 g/mol. The number of nitrogens with zero attached hydrogens (tertiary/aromatic N) is 2. The van der Waals surface area contributed by atoms with Crippen LogP contribution in [0, 0.1) is 6.92 Å². The Morgan fingerprint density at radius 1 is 1.47 bits per heavy atom. The number of pyridine rings is 1. The third-order valence-electron chi connectivity index (χ3n) is 2.50. The second-order valence-corrected chi connectivity index (χ2v) is 5.17. The van der Waals surface area contributed by atoms with E-state index in [1.54, 1.807) is 13.1 Å². The average molecular weight is 277 g/mol. The number of amides is 1. The minimum atomic E-state index is -0.306. The maximum atomic E-state index is 11.9. The van der Waals surface area contributed by atoms with Crippen molar-refractivity contribution in [2.45, 2.75) is 19.6 Å². The molecule has 0 bridgehead atoms. The average Bonchev–Trinajstić information content (AvgIpc) is 2.83. The van der Waals surface area contributed by atoms with Crippen molar-refractivity contribution in [2.24, 2.45) is 0 Å². The van der Waals surface area contributed by atoms with Crippen molar-refractivity contribution >= 4 is 23.5 Å². The van der Waals surface area contributed by atoms with Gasteiger partial charge in [-0.2, -0.15) is 11.8 Å². The lowest BCUT2D eigenvalue weighted by atomic mass is 10.3. The van der Waals surface area contributed by atoms with Crippen LogP contribution in [0.25, 0.3) is 0 Å². The topological polar surface area (TPSA) is 68.0 Å². The number of carbonyl (C=O) groups is 1. The van der Waals surface area contributed by atoms with E-state index in [-0.39, 0.29) is 11.6 Å². The van der Waals surface area contributed by atoms with E-state index in [0.717, 1.165) is 17.1 Å². The molecule has 5 nitrogen and oxygen atoms in total. The zero-order valence-corrected chi connectivity index (χ0v) is 11.7. The molecule has 0 spiro atoms. The van der Waals surface area contributed by atoms with Gasteiger partial charge >= 0.3 is 0 Å². The summed E-state index contributed by atoms with van der Waals surface area (Å²) >= 11 is 1.82. The number of aromatic nitrogens is 2. The number of carbonyl (C=O) groups excluding carboxylic acids is 1. The Morgan fingerprint density at radius 3 is 3.00 bits per heavy atom. The highest BCUT2D eigenvalue weighted by Gasteiger charge is 2.14. The Hall–Kier alpha value is -1.82. The molecule has 0 radical (unpaired) electrons. The lowest BCUT2D eigenvalue weighted by Crippen LogP contribution is -2.14. The molecule has 0 atom stereocenters. The maximum Gasteiger partial charge on any atom is 0.279 e. The molecule has 0 aliphatic heterocycles. The summed E-state index contributed by atoms with van der Waals surface area (Å²) < 4.78 is 5.00. The molecule has 2 heterocycles. The molecule has 100 valence electrons. The highest BCUT2D eigenvalue weighted by molar-refractivity contribution is 7.98. The van der Waals surface area contributed by atoms with Crippen LogP contribution in [0.15, 0.2) is 29.1 Å². The lowest BCUT2D eigenvalue weighted by molar-refractivity contribution is 0.102. The zero-order chi connectivity index (χ0) is 13.7. The van der Waals surface area contributed by atoms with E-state index in [9.17, 15) is 4.79 Å². The van der Waals surface area contributed by atoms with E-state index in [1.807, 2.05) is 23.9 Å². The van der Waals surface area contributed by atoms with E-state index >= 15 is 0 Å². The van der Waals surface area contributed by atoms with Crippen LogP contribution >= 0.6 is 11.8 Å². The van der Waals surface area contributed by atoms with E-state index in [0.29, 0.717) is 11.6 Å². The maximum absolute atomic E-state index is 11.9. The molecule has 6 heteroatoms. The number of oxazole rings is 1. The predicted octanol–water partition coefficient (Wildman–Crippen LogP) is 2.88. The number of hydrogen-bond donors (Lipinski definition) is 1. The molecular weight excluding hydrogens is 262 g/mol. The molecule has 0 unspecified atom stereocenters. The van der Waals surface area contributed by atoms with Crippen LogP contribution in [-0.2, 0) is 5.75 Å². The van der Waals surface area contributed by atoms with Crippen LogP contribution in [-0.4, -0.2) is 21.6 Å². The fourth-order valence-corrected chi connectivity index (χ4v) is 2.17. The second-order valence-electron chi connectivity index (χ2n) is 3.90. The van der Waals surface area contributed by atoms with Gasteiger partial charge in [-0.15, -0.1) is 0 Å². The van der Waals surface area contributed by atoms with Crippen molar-refractivity contribution in [3.05, 3.63) is 41.7 Å². The molecule has 1 amide bonds. The van der Waals surface area contributed by atoms with Crippen molar-refractivity contribution in [3.63, 3.8) is 0 Å². The Labute approximate surface area is 115 Å². The number of anilines is 1. The normalized spacial score (nSPS) is 10.4. The highest BCUT2D eigenvalue weighted by atomic mass is 32.2. The predicted molar refractivity (Wildman–Crippen MR) is 75.3 cm³/mol. The van der Waals surface area contributed by atoms with Gasteiger partial charge in [0.15, 0.2) is 12.1 Å². The molecule has 0 aliphatic rings. The van der Waals surface area contributed by atoms with Crippen molar-refractivity contribution in [1.82, 2.24) is 9.97 Å². The minimum absolute atomic E-state index is 0.287. The number of rotatable bonds is 5. The van der Waals surface area contributed by atoms with E-state index in [2.05, 4.69) is 22.2 Å². The van der Waals surface area contributed by atoms with E-state index in [1.165, 1.54) is 6.39 Å². The summed E-state index contributed by atoms with van der Waals surface area (Å²) in [6.45, 7) is 3.81. The van der Waals surface area contributed by atoms with Crippen LogP contribution < -0.4 is 5.32 Å². The summed E-state index contributed by atoms with van der Waals surface area (Å²) in [6.07, 6.45) is 2.95. The molecule has 0 saturated carbocycles. The molecule has 1 N–H and O–H groups in total. The zero-order valence-electron chi connectivity index (χ0n) is 10.8. The third-order valence-corrected chi connectivity index (χ3v) is 3.44. The number of nitrogens with one attached hydrogen (secondary N) is 1. The van der Waals surface area contributed by atoms with Crippen LogP contribution in [0.1, 0.15) is 28.7 Å². The highest BCUT2D eigenvalue weighted by Crippen LogP contribution is 2.15. The molecule has 19 heavy (non-hydrogen) atoms. The van der Waals surface area contributed by atoms with E-state index in [4.69, 9.17) is 4.42 Å². The first-order chi connectivity index (χ1) is 9.20. The van der Waals surface area contributed by atoms with Gasteiger partial charge in [0.1, 0.15) is 11.6 Å². The summed E-state index contributed by atoms with van der Waals surface area (Å²) in [5.74, 6) is 2.68. The summed E-state index contributed by atoms with van der Waals surface area (Å²) in [5, 5.41) is 2.72. The Kier molecular flexibility index (Phi) is 4.57. The van der Waals surface area contributed by atoms with Crippen molar-refractivity contribution in [1.29, 1.82) is 0 Å². The minimum Gasteiger partial charge on any atom is -0.448 e. The van der Waals surface area contributed by atoms with Gasteiger partial charge < -0.3 is 9.73 Å². The third kappa shape index (κ3) is 3.57. The molecule has 2 rings (SSSR count). The Morgan fingerprint density at radius 2 is 2.32 bits per heavy atom. The van der Waals surface area contributed by atoms with Crippen LogP contribution in [0.4, 0.5) is 5.82 Å². The summed E-state index contributed by atoms with van der Waals surface area (Å²) in [6, 6.07) is 3.82. The molecule has 0 saturated heterocycles. The van der Waals surface area contributed by atoms with Gasteiger partial charge in [-0.25, -0.2) is 9.97 Å². The van der Waals surface area contributed by atoms with Crippen molar-refractivity contribution in [3.8, 4) is 0 Å². The van der Waals surface area contributed by atoms with Crippen LogP contribution in [0.5, 0.6) is 0 Å². The summed E-state index contributed by atoms with van der Waals surface area (Å²) in [5.41, 5.74) is 1.42. The fourth-order valence-electron chi connectivity index (χ4n) is 1.55. The van der Waals surface area contributed by atoms with Gasteiger partial charge in [0.25, 0.3) is 5.91 Å². The Balaban J connectivity index is 2.07. The fraction of sp³-hybridized carbons (Fsp3) is 0.308. The largest absolute Gasteiger partial charge is 0.448 e. The van der Waals surface area contributed by atoms with Gasteiger partial charge in [0.2, 0.25) is 0 Å². The molecule has 0 aliphatic carbocycles. The molecule has 0 aromatic carbocycles. The standard InChI is InChI=1S/C13H15N3O2S/c1-3-19-7-10-4-5-14-11(6-10)16-13(17)12-9(2)18-8-15-12/h4-6,8H,3,7H2,1-2H3,(H,14,16,17). The summed E-state index contributed by atoms with van der Waals surface area (Å²) in [4.78, 5) is 19.9. The van der Waals surface area contributed by atoms with Gasteiger partial charge in [-0.1, -0.05) is 6.92 Å². The summed E-state index contributed by atoms with van der Waals surface area (Å²) in [7, 11) is 0. The Bertz CT molecular complexity index is 569. The van der Waals surface area contributed by atoms with Crippen molar-refractivity contribution < 1.29 is 9.21 Å². The van der Waals surface area contributed by atoms with Gasteiger partial charge in [-0.3, -0.25) is 4.79 Å². The van der Waals surface area contributed by atoms with E-state index < -0.39 is 0 Å². The van der Waals surface area contributed by atoms with Crippen LogP contribution in [0.3, 0.4) is 0 Å². The molecule has 2 aromatic heterocycles. The first kappa shape index (κ1) is 13.6. The number of hydrogen-bond acceptors (Lipinski definition) is 5.